The SMILES string of the molecule is CC(C)SCCCCCCCCCCCC(=O)OCC(C)[C@H]1CC[C@H]2[C@@H]3CCC4N(C)C(=O)CC[C@]4(C)[C@H]3CC[C@]12C. The number of hydrogen-bond donors (Lipinski definition) is 0. The zero-order chi connectivity index (χ0) is 30.3. The van der Waals surface area contributed by atoms with Crippen LogP contribution in [0, 0.1) is 40.4 Å². The molecule has 4 aliphatic rings. The number of hydrogen-bond acceptors (Lipinski definition) is 4. The lowest BCUT2D eigenvalue weighted by atomic mass is 9.46. The molecule has 0 aromatic rings. The lowest BCUT2D eigenvalue weighted by Gasteiger charge is -2.62. The van der Waals surface area contributed by atoms with E-state index >= 15 is 0 Å². The third kappa shape index (κ3) is 7.92. The zero-order valence-corrected chi connectivity index (χ0v) is 29.1. The second-order valence-corrected chi connectivity index (χ2v) is 17.4. The average molecular weight is 604 g/mol. The van der Waals surface area contributed by atoms with Crippen LogP contribution in [0.1, 0.15) is 150 Å². The van der Waals surface area contributed by atoms with E-state index in [4.69, 9.17) is 4.74 Å². The number of carbonyl (C=O) groups is 2. The number of amides is 1. The minimum Gasteiger partial charge on any atom is -0.465 e. The van der Waals surface area contributed by atoms with Crippen LogP contribution in [0.2, 0.25) is 0 Å². The van der Waals surface area contributed by atoms with Gasteiger partial charge in [-0.1, -0.05) is 79.6 Å². The number of esters is 1. The molecule has 1 heterocycles. The quantitative estimate of drug-likeness (QED) is 0.130. The Labute approximate surface area is 263 Å². The lowest BCUT2D eigenvalue weighted by molar-refractivity contribution is -0.159. The van der Waals surface area contributed by atoms with Crippen molar-refractivity contribution in [2.24, 2.45) is 40.4 Å². The third-order valence-corrected chi connectivity index (χ3v) is 14.0. The molecular formula is C37H65NO3S. The molecule has 4 fully saturated rings. The van der Waals surface area contributed by atoms with Crippen LogP contribution < -0.4 is 0 Å². The molecule has 4 nitrogen and oxygen atoms in total. The molecule has 0 aromatic heterocycles. The Morgan fingerprint density at radius 2 is 1.50 bits per heavy atom. The molecule has 8 atom stereocenters. The van der Waals surface area contributed by atoms with Gasteiger partial charge in [0.2, 0.25) is 5.91 Å². The molecule has 0 radical (unpaired) electrons. The summed E-state index contributed by atoms with van der Waals surface area (Å²) in [6, 6.07) is 0.438. The highest BCUT2D eigenvalue weighted by Gasteiger charge is 2.61. The van der Waals surface area contributed by atoms with Crippen molar-refractivity contribution in [3.8, 4) is 0 Å². The van der Waals surface area contributed by atoms with E-state index in [0.717, 1.165) is 48.7 Å². The van der Waals surface area contributed by atoms with E-state index in [1.54, 1.807) is 0 Å². The summed E-state index contributed by atoms with van der Waals surface area (Å²) in [7, 11) is 2.06. The first-order chi connectivity index (χ1) is 20.1. The molecule has 0 N–H and O–H groups in total. The Morgan fingerprint density at radius 1 is 0.857 bits per heavy atom. The average Bonchev–Trinajstić information content (AvgIpc) is 3.31. The van der Waals surface area contributed by atoms with E-state index in [9.17, 15) is 9.59 Å². The van der Waals surface area contributed by atoms with Crippen molar-refractivity contribution < 1.29 is 14.3 Å². The summed E-state index contributed by atoms with van der Waals surface area (Å²) in [4.78, 5) is 27.2. The highest BCUT2D eigenvalue weighted by Crippen LogP contribution is 2.67. The topological polar surface area (TPSA) is 46.6 Å². The lowest BCUT2D eigenvalue weighted by Crippen LogP contribution is -2.61. The second-order valence-electron chi connectivity index (χ2n) is 15.7. The number of fused-ring (bicyclic) bond motifs is 5. The van der Waals surface area contributed by atoms with Gasteiger partial charge < -0.3 is 9.64 Å². The first kappa shape index (κ1) is 34.2. The number of carbonyl (C=O) groups excluding carboxylic acids is 2. The molecular weight excluding hydrogens is 538 g/mol. The molecule has 3 saturated carbocycles. The predicted octanol–water partition coefficient (Wildman–Crippen LogP) is 9.69. The number of rotatable bonds is 16. The largest absolute Gasteiger partial charge is 0.465 e. The van der Waals surface area contributed by atoms with Crippen LogP contribution in [0.25, 0.3) is 0 Å². The first-order valence-electron chi connectivity index (χ1n) is 18.1. The molecule has 1 amide bonds. The van der Waals surface area contributed by atoms with Crippen molar-refractivity contribution in [1.82, 2.24) is 4.90 Å². The fourth-order valence-electron chi connectivity index (χ4n) is 10.5. The van der Waals surface area contributed by atoms with Crippen LogP contribution in [0.4, 0.5) is 0 Å². The highest BCUT2D eigenvalue weighted by atomic mass is 32.2. The van der Waals surface area contributed by atoms with Gasteiger partial charge in [-0.05, 0) is 109 Å². The molecule has 1 aliphatic heterocycles. The summed E-state index contributed by atoms with van der Waals surface area (Å²) in [5.41, 5.74) is 0.665. The summed E-state index contributed by atoms with van der Waals surface area (Å²) in [6.07, 6.45) is 21.7. The van der Waals surface area contributed by atoms with Crippen molar-refractivity contribution in [3.05, 3.63) is 0 Å². The number of nitrogens with zero attached hydrogens (tertiary/aromatic N) is 1. The number of thioether (sulfide) groups is 1. The van der Waals surface area contributed by atoms with Crippen molar-refractivity contribution in [1.29, 1.82) is 0 Å². The van der Waals surface area contributed by atoms with E-state index < -0.39 is 0 Å². The maximum atomic E-state index is 12.6. The van der Waals surface area contributed by atoms with E-state index in [1.165, 1.54) is 89.2 Å². The molecule has 5 heteroatoms. The van der Waals surface area contributed by atoms with Crippen LogP contribution in [0.5, 0.6) is 0 Å². The minimum atomic E-state index is 0.0201. The second kappa shape index (κ2) is 15.5. The summed E-state index contributed by atoms with van der Waals surface area (Å²) in [6.45, 7) is 12.6. The van der Waals surface area contributed by atoms with Crippen LogP contribution in [0.3, 0.4) is 0 Å². The summed E-state index contributed by atoms with van der Waals surface area (Å²) in [5, 5.41) is 0.767. The summed E-state index contributed by atoms with van der Waals surface area (Å²) in [5.74, 6) is 5.15. The Morgan fingerprint density at radius 3 is 2.19 bits per heavy atom. The Hall–Kier alpha value is -0.710. The van der Waals surface area contributed by atoms with Crippen molar-refractivity contribution >= 4 is 23.6 Å². The van der Waals surface area contributed by atoms with E-state index in [0.29, 0.717) is 47.6 Å². The monoisotopic (exact) mass is 603 g/mol. The standard InChI is InChI=1S/C37H65NO3S/c1-27(2)42-25-15-13-11-9-7-8-10-12-14-16-35(40)41-26-28(3)30-18-19-31-29-17-20-33-37(5,24-22-34(39)38(33)6)32(29)21-23-36(30,31)4/h27-33H,7-26H2,1-6H3/t28?,29-,30+,31-,32-,33?,36+,37+/m0/s1. The highest BCUT2D eigenvalue weighted by molar-refractivity contribution is 7.99. The maximum absolute atomic E-state index is 12.6. The summed E-state index contributed by atoms with van der Waals surface area (Å²) >= 11 is 2.09. The molecule has 4 rings (SSSR count). The number of unbranched alkanes of at least 4 members (excludes halogenated alkanes) is 8. The molecule has 3 aliphatic carbocycles. The fraction of sp³-hybridized carbons (Fsp3) is 0.946. The van der Waals surface area contributed by atoms with Gasteiger partial charge in [-0.3, -0.25) is 9.59 Å². The molecule has 2 unspecified atom stereocenters. The predicted molar refractivity (Wildman–Crippen MR) is 178 cm³/mol. The minimum absolute atomic E-state index is 0.0201. The molecule has 0 spiro atoms. The van der Waals surface area contributed by atoms with Gasteiger partial charge in [0.1, 0.15) is 0 Å². The van der Waals surface area contributed by atoms with E-state index in [2.05, 4.69) is 58.3 Å². The third-order valence-electron chi connectivity index (χ3n) is 12.8. The summed E-state index contributed by atoms with van der Waals surface area (Å²) < 4.78 is 5.88. The van der Waals surface area contributed by atoms with Crippen LogP contribution in [-0.2, 0) is 14.3 Å². The van der Waals surface area contributed by atoms with Crippen LogP contribution >= 0.6 is 11.8 Å². The molecule has 242 valence electrons. The Bertz CT molecular complexity index is 877. The van der Waals surface area contributed by atoms with Gasteiger partial charge in [-0.25, -0.2) is 0 Å². The first-order valence-corrected chi connectivity index (χ1v) is 19.2. The smallest absolute Gasteiger partial charge is 0.305 e. The number of likely N-dealkylation sites (tertiary alicyclic amines) is 1. The van der Waals surface area contributed by atoms with Crippen molar-refractivity contribution in [2.75, 3.05) is 19.4 Å². The van der Waals surface area contributed by atoms with Gasteiger partial charge >= 0.3 is 5.97 Å². The number of piperidine rings is 1. The molecule has 42 heavy (non-hydrogen) atoms. The fourth-order valence-corrected chi connectivity index (χ4v) is 11.3. The number of ether oxygens (including phenoxy) is 1. The zero-order valence-electron chi connectivity index (χ0n) is 28.3. The van der Waals surface area contributed by atoms with Gasteiger partial charge in [0.15, 0.2) is 0 Å². The van der Waals surface area contributed by atoms with Gasteiger partial charge in [0, 0.05) is 25.9 Å². The Kier molecular flexibility index (Phi) is 12.6. The van der Waals surface area contributed by atoms with Crippen molar-refractivity contribution in [3.63, 3.8) is 0 Å². The normalized spacial score (nSPS) is 35.1. The van der Waals surface area contributed by atoms with Crippen LogP contribution in [0.15, 0.2) is 0 Å². The van der Waals surface area contributed by atoms with Gasteiger partial charge in [0.25, 0.3) is 0 Å². The molecule has 0 bridgehead atoms. The van der Waals surface area contributed by atoms with E-state index in [1.807, 2.05) is 0 Å². The van der Waals surface area contributed by atoms with Crippen molar-refractivity contribution in [2.45, 2.75) is 161 Å². The van der Waals surface area contributed by atoms with Crippen LogP contribution in [-0.4, -0.2) is 47.5 Å². The van der Waals surface area contributed by atoms with E-state index in [-0.39, 0.29) is 5.97 Å². The van der Waals surface area contributed by atoms with Gasteiger partial charge in [-0.2, -0.15) is 11.8 Å². The molecule has 0 aromatic carbocycles. The Balaban J connectivity index is 1.12. The van der Waals surface area contributed by atoms with Gasteiger partial charge in [0.05, 0.1) is 6.61 Å². The molecule has 1 saturated heterocycles. The van der Waals surface area contributed by atoms with Gasteiger partial charge in [-0.15, -0.1) is 0 Å². The maximum Gasteiger partial charge on any atom is 0.305 e.